The summed E-state index contributed by atoms with van der Waals surface area (Å²) in [5, 5.41) is 17.8. The molecule has 8 nitrogen and oxygen atoms in total. The van der Waals surface area contributed by atoms with Crippen molar-refractivity contribution in [2.24, 2.45) is 5.92 Å². The van der Waals surface area contributed by atoms with E-state index in [-0.39, 0.29) is 17.5 Å². The number of nitrogens with one attached hydrogen (secondary N) is 1. The normalized spacial score (nSPS) is 17.8. The fraction of sp³-hybridized carbons (Fsp3) is 0.308. The Morgan fingerprint density at radius 2 is 1.81 bits per heavy atom. The summed E-state index contributed by atoms with van der Waals surface area (Å²) in [4.78, 5) is 21.0. The van der Waals surface area contributed by atoms with E-state index in [2.05, 4.69) is 21.5 Å². The molecule has 1 fully saturated rings. The number of ether oxygens (including phenoxy) is 1. The van der Waals surface area contributed by atoms with Gasteiger partial charge >= 0.3 is 0 Å². The minimum absolute atomic E-state index is 0.154. The van der Waals surface area contributed by atoms with Gasteiger partial charge in [-0.25, -0.2) is 18.7 Å². The second-order valence-electron chi connectivity index (χ2n) is 9.00. The molecule has 0 aliphatic heterocycles. The van der Waals surface area contributed by atoms with Crippen molar-refractivity contribution >= 4 is 16.8 Å². The molecule has 2 aromatic heterocycles. The number of aromatic hydroxyl groups is 1. The molecule has 5 rings (SSSR count). The largest absolute Gasteiger partial charge is 0.503 e. The molecule has 186 valence electrons. The SMILES string of the molecule is COc1cnc(-c2ccc3cn(C4CCC(CNC(=O)c5cc(F)c(O)c(F)c5)CC4)nc3c2)nc1. The highest BCUT2D eigenvalue weighted by Crippen LogP contribution is 2.33. The van der Waals surface area contributed by atoms with E-state index < -0.39 is 23.3 Å². The van der Waals surface area contributed by atoms with Crippen LogP contribution in [0.3, 0.4) is 0 Å². The monoisotopic (exact) mass is 493 g/mol. The van der Waals surface area contributed by atoms with Crippen LogP contribution < -0.4 is 10.1 Å². The predicted octanol–water partition coefficient (Wildman–Crippen LogP) is 4.65. The fourth-order valence-corrected chi connectivity index (χ4v) is 4.58. The molecular formula is C26H25F2N5O3. The summed E-state index contributed by atoms with van der Waals surface area (Å²) in [6.07, 6.45) is 8.92. The van der Waals surface area contributed by atoms with E-state index >= 15 is 0 Å². The molecule has 1 aliphatic carbocycles. The lowest BCUT2D eigenvalue weighted by Gasteiger charge is -2.28. The van der Waals surface area contributed by atoms with Gasteiger partial charge < -0.3 is 15.2 Å². The first-order chi connectivity index (χ1) is 17.4. The summed E-state index contributed by atoms with van der Waals surface area (Å²) in [5.74, 6) is -2.49. The van der Waals surface area contributed by atoms with Crippen LogP contribution in [0.25, 0.3) is 22.3 Å². The highest BCUT2D eigenvalue weighted by atomic mass is 19.1. The third-order valence-corrected chi connectivity index (χ3v) is 6.67. The van der Waals surface area contributed by atoms with Gasteiger partial charge in [0.15, 0.2) is 29.0 Å². The van der Waals surface area contributed by atoms with E-state index in [1.807, 2.05) is 22.9 Å². The van der Waals surface area contributed by atoms with Gasteiger partial charge in [-0.2, -0.15) is 5.10 Å². The van der Waals surface area contributed by atoms with Crippen LogP contribution >= 0.6 is 0 Å². The van der Waals surface area contributed by atoms with Crippen molar-refractivity contribution in [1.29, 1.82) is 0 Å². The summed E-state index contributed by atoms with van der Waals surface area (Å²) >= 11 is 0. The number of amides is 1. The number of aromatic nitrogens is 4. The first kappa shape index (κ1) is 23.7. The number of methoxy groups -OCH3 is 1. The van der Waals surface area contributed by atoms with Crippen LogP contribution in [-0.4, -0.2) is 44.4 Å². The lowest BCUT2D eigenvalue weighted by atomic mass is 9.86. The number of phenolic OH excluding ortho intramolecular Hbond substituents is 1. The molecule has 0 unspecified atom stereocenters. The lowest BCUT2D eigenvalue weighted by molar-refractivity contribution is 0.0940. The van der Waals surface area contributed by atoms with Crippen molar-refractivity contribution in [1.82, 2.24) is 25.1 Å². The van der Waals surface area contributed by atoms with Gasteiger partial charge in [-0.1, -0.05) is 12.1 Å². The summed E-state index contributed by atoms with van der Waals surface area (Å²) in [6, 6.07) is 7.88. The van der Waals surface area contributed by atoms with Crippen molar-refractivity contribution < 1.29 is 23.4 Å². The van der Waals surface area contributed by atoms with E-state index in [0.717, 1.165) is 54.3 Å². The van der Waals surface area contributed by atoms with Crippen LogP contribution in [0.4, 0.5) is 8.78 Å². The van der Waals surface area contributed by atoms with E-state index in [1.54, 1.807) is 19.5 Å². The Labute approximate surface area is 206 Å². The first-order valence-corrected chi connectivity index (χ1v) is 11.7. The van der Waals surface area contributed by atoms with Gasteiger partial charge in [0.25, 0.3) is 5.91 Å². The number of nitrogens with zero attached hydrogens (tertiary/aromatic N) is 4. The Kier molecular flexibility index (Phi) is 6.49. The van der Waals surface area contributed by atoms with Crippen LogP contribution in [0, 0.1) is 17.6 Å². The number of halogens is 2. The van der Waals surface area contributed by atoms with Crippen LogP contribution in [0.1, 0.15) is 42.1 Å². The molecule has 0 spiro atoms. The minimum atomic E-state index is -1.16. The average molecular weight is 494 g/mol. The Hall–Kier alpha value is -4.08. The molecule has 0 bridgehead atoms. The molecule has 10 heteroatoms. The number of rotatable bonds is 6. The maximum Gasteiger partial charge on any atom is 0.251 e. The number of phenols is 1. The van der Waals surface area contributed by atoms with E-state index in [9.17, 15) is 18.7 Å². The second-order valence-corrected chi connectivity index (χ2v) is 9.00. The third-order valence-electron chi connectivity index (χ3n) is 6.67. The highest BCUT2D eigenvalue weighted by Gasteiger charge is 2.24. The van der Waals surface area contributed by atoms with Crippen LogP contribution in [-0.2, 0) is 0 Å². The minimum Gasteiger partial charge on any atom is -0.503 e. The van der Waals surface area contributed by atoms with Crippen LogP contribution in [0.15, 0.2) is 48.9 Å². The zero-order valence-corrected chi connectivity index (χ0v) is 19.6. The van der Waals surface area contributed by atoms with Gasteiger partial charge in [0.1, 0.15) is 0 Å². The molecule has 1 amide bonds. The third kappa shape index (κ3) is 4.84. The molecule has 4 aromatic rings. The van der Waals surface area contributed by atoms with Gasteiger partial charge in [-0.15, -0.1) is 0 Å². The fourth-order valence-electron chi connectivity index (χ4n) is 4.58. The van der Waals surface area contributed by atoms with Crippen LogP contribution in [0.2, 0.25) is 0 Å². The number of benzene rings is 2. The second kappa shape index (κ2) is 9.88. The molecule has 1 saturated carbocycles. The van der Waals surface area contributed by atoms with Gasteiger partial charge in [-0.3, -0.25) is 9.48 Å². The van der Waals surface area contributed by atoms with Gasteiger partial charge in [-0.05, 0) is 49.8 Å². The van der Waals surface area contributed by atoms with E-state index in [0.29, 0.717) is 18.1 Å². The lowest BCUT2D eigenvalue weighted by Crippen LogP contribution is -2.31. The summed E-state index contributed by atoms with van der Waals surface area (Å²) < 4.78 is 34.2. The Balaban J connectivity index is 1.18. The van der Waals surface area contributed by atoms with Crippen molar-refractivity contribution in [3.63, 3.8) is 0 Å². The summed E-state index contributed by atoms with van der Waals surface area (Å²) in [6.45, 7) is 0.419. The Morgan fingerprint density at radius 3 is 2.47 bits per heavy atom. The zero-order chi connectivity index (χ0) is 25.2. The molecule has 2 N–H and O–H groups in total. The zero-order valence-electron chi connectivity index (χ0n) is 19.6. The van der Waals surface area contributed by atoms with E-state index in [4.69, 9.17) is 9.84 Å². The Morgan fingerprint density at radius 1 is 1.11 bits per heavy atom. The standard InChI is InChI=1S/C26H25F2N5O3/c1-36-20-12-29-25(30-13-20)16-4-5-17-14-33(32-23(17)10-16)19-6-2-15(3-7-19)11-31-26(35)18-8-21(27)24(34)22(28)9-18/h4-5,8-10,12-15,19,34H,2-3,6-7,11H2,1H3,(H,31,35). The molecule has 0 atom stereocenters. The van der Waals surface area contributed by atoms with Gasteiger partial charge in [0, 0.05) is 29.3 Å². The van der Waals surface area contributed by atoms with Crippen molar-refractivity contribution in [2.75, 3.05) is 13.7 Å². The molecule has 0 saturated heterocycles. The van der Waals surface area contributed by atoms with Crippen molar-refractivity contribution in [3.05, 3.63) is 66.1 Å². The Bertz CT molecular complexity index is 1380. The van der Waals surface area contributed by atoms with Crippen molar-refractivity contribution in [3.8, 4) is 22.9 Å². The highest BCUT2D eigenvalue weighted by molar-refractivity contribution is 5.94. The maximum atomic E-state index is 13.5. The number of carbonyl (C=O) groups excluding carboxylic acids is 1. The molecule has 1 aliphatic rings. The average Bonchev–Trinajstić information content (AvgIpc) is 3.34. The molecule has 2 heterocycles. The predicted molar refractivity (Wildman–Crippen MR) is 129 cm³/mol. The topological polar surface area (TPSA) is 102 Å². The van der Waals surface area contributed by atoms with Crippen LogP contribution in [0.5, 0.6) is 11.5 Å². The van der Waals surface area contributed by atoms with Gasteiger partial charge in [0.2, 0.25) is 0 Å². The van der Waals surface area contributed by atoms with Crippen molar-refractivity contribution in [2.45, 2.75) is 31.7 Å². The first-order valence-electron chi connectivity index (χ1n) is 11.7. The number of hydrogen-bond donors (Lipinski definition) is 2. The maximum absolute atomic E-state index is 13.5. The van der Waals surface area contributed by atoms with Gasteiger partial charge in [0.05, 0.1) is 31.1 Å². The molecule has 0 radical (unpaired) electrons. The number of hydrogen-bond acceptors (Lipinski definition) is 6. The number of fused-ring (bicyclic) bond motifs is 1. The molecule has 36 heavy (non-hydrogen) atoms. The summed E-state index contributed by atoms with van der Waals surface area (Å²) in [5.41, 5.74) is 1.59. The smallest absolute Gasteiger partial charge is 0.251 e. The summed E-state index contributed by atoms with van der Waals surface area (Å²) in [7, 11) is 1.57. The molecular weight excluding hydrogens is 468 g/mol. The molecule has 2 aromatic carbocycles. The van der Waals surface area contributed by atoms with E-state index in [1.165, 1.54) is 0 Å². The number of carbonyl (C=O) groups is 1. The quantitative estimate of drug-likeness (QED) is 0.406.